The number of aromatic nitrogens is 1. The molecule has 3 atom stereocenters. The summed E-state index contributed by atoms with van der Waals surface area (Å²) in [4.78, 5) is 18.6. The van der Waals surface area contributed by atoms with Crippen molar-refractivity contribution in [2.75, 3.05) is 0 Å². The molecule has 3 heterocycles. The van der Waals surface area contributed by atoms with E-state index in [4.69, 9.17) is 4.98 Å². The van der Waals surface area contributed by atoms with Crippen molar-refractivity contribution >= 4 is 28.6 Å². The number of aliphatic carboxylic acids is 1. The first kappa shape index (κ1) is 15.3. The lowest BCUT2D eigenvalue weighted by molar-refractivity contribution is -0.142. The number of thiazole rings is 1. The number of hydrogen-bond acceptors (Lipinski definition) is 5. The van der Waals surface area contributed by atoms with Gasteiger partial charge in [-0.2, -0.15) is 11.3 Å². The number of fused-ring (bicyclic) bond motifs is 1. The third-order valence-corrected chi connectivity index (χ3v) is 6.79. The highest BCUT2D eigenvalue weighted by Gasteiger charge is 2.45. The monoisotopic (exact) mass is 348 g/mol. The Bertz CT molecular complexity index is 683. The molecule has 0 aromatic carbocycles. The van der Waals surface area contributed by atoms with Crippen molar-refractivity contribution in [1.82, 2.24) is 9.88 Å². The molecule has 1 aliphatic heterocycles. The van der Waals surface area contributed by atoms with Crippen LogP contribution in [0.5, 0.6) is 0 Å². The van der Waals surface area contributed by atoms with E-state index in [0.29, 0.717) is 18.5 Å². The molecule has 0 radical (unpaired) electrons. The molecule has 4 rings (SSSR count). The van der Waals surface area contributed by atoms with Gasteiger partial charge in [0, 0.05) is 28.9 Å². The highest BCUT2D eigenvalue weighted by Crippen LogP contribution is 2.40. The molecule has 6 heteroatoms. The number of rotatable bonds is 4. The summed E-state index contributed by atoms with van der Waals surface area (Å²) in [6.45, 7) is 0.665. The minimum atomic E-state index is -0.673. The zero-order valence-corrected chi connectivity index (χ0v) is 14.5. The van der Waals surface area contributed by atoms with Gasteiger partial charge in [0.25, 0.3) is 0 Å². The molecule has 2 aliphatic rings. The van der Waals surface area contributed by atoms with Crippen molar-refractivity contribution in [2.45, 2.75) is 50.7 Å². The summed E-state index contributed by atoms with van der Waals surface area (Å²) in [6, 6.07) is 2.17. The summed E-state index contributed by atoms with van der Waals surface area (Å²) < 4.78 is 0. The number of likely N-dealkylation sites (tertiary alicyclic amines) is 1. The van der Waals surface area contributed by atoms with Crippen molar-refractivity contribution < 1.29 is 9.90 Å². The summed E-state index contributed by atoms with van der Waals surface area (Å²) >= 11 is 3.33. The molecular formula is C17H20N2O2S2. The first-order chi connectivity index (χ1) is 11.2. The molecule has 1 saturated heterocycles. The van der Waals surface area contributed by atoms with Crippen LogP contribution < -0.4 is 0 Å². The van der Waals surface area contributed by atoms with E-state index in [1.807, 2.05) is 0 Å². The zero-order valence-electron chi connectivity index (χ0n) is 12.9. The second-order valence-corrected chi connectivity index (χ2v) is 8.17. The minimum Gasteiger partial charge on any atom is -0.480 e. The van der Waals surface area contributed by atoms with Gasteiger partial charge in [0.2, 0.25) is 0 Å². The van der Waals surface area contributed by atoms with Crippen LogP contribution in [0.2, 0.25) is 0 Å². The second-order valence-electron chi connectivity index (χ2n) is 6.53. The van der Waals surface area contributed by atoms with Crippen LogP contribution >= 0.6 is 22.7 Å². The van der Waals surface area contributed by atoms with Gasteiger partial charge in [-0.25, -0.2) is 4.98 Å². The first-order valence-corrected chi connectivity index (χ1v) is 10.00. The summed E-state index contributed by atoms with van der Waals surface area (Å²) in [5, 5.41) is 16.9. The topological polar surface area (TPSA) is 53.4 Å². The normalized spacial score (nSPS) is 27.9. The van der Waals surface area contributed by atoms with Crippen molar-refractivity contribution in [3.05, 3.63) is 27.9 Å². The molecule has 0 unspecified atom stereocenters. The van der Waals surface area contributed by atoms with Gasteiger partial charge in [0.1, 0.15) is 11.0 Å². The van der Waals surface area contributed by atoms with Crippen LogP contribution in [0.1, 0.15) is 37.8 Å². The Hall–Kier alpha value is -1.24. The van der Waals surface area contributed by atoms with Crippen LogP contribution in [0.25, 0.3) is 10.6 Å². The number of nitrogens with zero attached hydrogens (tertiary/aromatic N) is 2. The molecule has 4 nitrogen and oxygen atoms in total. The predicted molar refractivity (Wildman–Crippen MR) is 92.8 cm³/mol. The maximum Gasteiger partial charge on any atom is 0.320 e. The van der Waals surface area contributed by atoms with Crippen LogP contribution in [-0.4, -0.2) is 33.0 Å². The van der Waals surface area contributed by atoms with Crippen LogP contribution in [0.4, 0.5) is 0 Å². The van der Waals surface area contributed by atoms with E-state index in [-0.39, 0.29) is 6.04 Å². The highest BCUT2D eigenvalue weighted by molar-refractivity contribution is 7.14. The predicted octanol–water partition coefficient (Wildman–Crippen LogP) is 4.09. The van der Waals surface area contributed by atoms with E-state index < -0.39 is 5.97 Å². The number of thiophene rings is 1. The first-order valence-electron chi connectivity index (χ1n) is 8.18. The fourth-order valence-electron chi connectivity index (χ4n) is 4.11. The fraction of sp³-hybridized carbons (Fsp3) is 0.529. The summed E-state index contributed by atoms with van der Waals surface area (Å²) in [5.41, 5.74) is 2.17. The molecule has 1 N–H and O–H groups in total. The second kappa shape index (κ2) is 6.34. The molecule has 1 aliphatic carbocycles. The van der Waals surface area contributed by atoms with E-state index in [0.717, 1.165) is 29.1 Å². The molecule has 122 valence electrons. The Balaban J connectivity index is 1.55. The van der Waals surface area contributed by atoms with E-state index in [9.17, 15) is 9.90 Å². The average Bonchev–Trinajstić information content (AvgIpc) is 3.26. The highest BCUT2D eigenvalue weighted by atomic mass is 32.1. The summed E-state index contributed by atoms with van der Waals surface area (Å²) in [7, 11) is 0. The maximum absolute atomic E-state index is 11.7. The van der Waals surface area contributed by atoms with Gasteiger partial charge in [-0.15, -0.1) is 11.3 Å². The maximum atomic E-state index is 11.7. The molecule has 23 heavy (non-hydrogen) atoms. The van der Waals surface area contributed by atoms with Gasteiger partial charge in [-0.3, -0.25) is 9.69 Å². The molecule has 1 saturated carbocycles. The van der Waals surface area contributed by atoms with Crippen molar-refractivity contribution in [3.8, 4) is 10.6 Å². The standard InChI is InChI=1S/C17H20N2O2S2/c20-17(21)15-7-11-3-1-2-4-14(11)19(15)8-13-10-23-16(18-13)12-5-6-22-9-12/h5-6,9-11,14-15H,1-4,7-8H2,(H,20,21)/t11-,14+,15-/m0/s1. The summed E-state index contributed by atoms with van der Waals surface area (Å²) in [5.74, 6) is -0.118. The van der Waals surface area contributed by atoms with E-state index >= 15 is 0 Å². The van der Waals surface area contributed by atoms with Crippen molar-refractivity contribution in [3.63, 3.8) is 0 Å². The Labute approximate surface area is 143 Å². The third kappa shape index (κ3) is 2.95. The van der Waals surface area contributed by atoms with Gasteiger partial charge in [0.15, 0.2) is 0 Å². The number of carboxylic acid groups (broad SMARTS) is 1. The molecular weight excluding hydrogens is 328 g/mol. The average molecular weight is 348 g/mol. The van der Waals surface area contributed by atoms with E-state index in [1.165, 1.54) is 19.3 Å². The van der Waals surface area contributed by atoms with Gasteiger partial charge in [0.05, 0.1) is 5.69 Å². The SMILES string of the molecule is O=C(O)[C@@H]1C[C@@H]2CCCC[C@H]2N1Cc1csc(-c2ccsc2)n1. The zero-order chi connectivity index (χ0) is 15.8. The Morgan fingerprint density at radius 2 is 2.22 bits per heavy atom. The Morgan fingerprint density at radius 3 is 3.00 bits per heavy atom. The van der Waals surface area contributed by atoms with Crippen molar-refractivity contribution in [1.29, 1.82) is 0 Å². The molecule has 2 aromatic heterocycles. The van der Waals surface area contributed by atoms with Gasteiger partial charge in [-0.1, -0.05) is 12.8 Å². The molecule has 0 spiro atoms. The van der Waals surface area contributed by atoms with Crippen LogP contribution in [0.3, 0.4) is 0 Å². The largest absolute Gasteiger partial charge is 0.480 e. The molecule has 0 amide bonds. The number of carboxylic acids is 1. The number of carbonyl (C=O) groups is 1. The van der Waals surface area contributed by atoms with Crippen LogP contribution in [0, 0.1) is 5.92 Å². The lowest BCUT2D eigenvalue weighted by atomic mass is 9.85. The Kier molecular flexibility index (Phi) is 4.22. The minimum absolute atomic E-state index is 0.339. The molecule has 2 fully saturated rings. The van der Waals surface area contributed by atoms with Crippen LogP contribution in [0.15, 0.2) is 22.2 Å². The van der Waals surface area contributed by atoms with Crippen molar-refractivity contribution in [2.24, 2.45) is 5.92 Å². The van der Waals surface area contributed by atoms with Gasteiger partial charge < -0.3 is 5.11 Å². The Morgan fingerprint density at radius 1 is 1.35 bits per heavy atom. The lowest BCUT2D eigenvalue weighted by Gasteiger charge is -2.32. The number of hydrogen-bond donors (Lipinski definition) is 1. The lowest BCUT2D eigenvalue weighted by Crippen LogP contribution is -2.41. The third-order valence-electron chi connectivity index (χ3n) is 5.17. The van der Waals surface area contributed by atoms with E-state index in [1.54, 1.807) is 22.7 Å². The quantitative estimate of drug-likeness (QED) is 0.904. The van der Waals surface area contributed by atoms with Gasteiger partial charge >= 0.3 is 5.97 Å². The smallest absolute Gasteiger partial charge is 0.320 e. The summed E-state index contributed by atoms with van der Waals surface area (Å²) in [6.07, 6.45) is 5.60. The van der Waals surface area contributed by atoms with Gasteiger partial charge in [-0.05, 0) is 36.6 Å². The van der Waals surface area contributed by atoms with Crippen LogP contribution in [-0.2, 0) is 11.3 Å². The fourth-order valence-corrected chi connectivity index (χ4v) is 5.63. The van der Waals surface area contributed by atoms with E-state index in [2.05, 4.69) is 27.1 Å². The molecule has 0 bridgehead atoms. The molecule has 2 aromatic rings.